The fourth-order valence-corrected chi connectivity index (χ4v) is 1.92. The first kappa shape index (κ1) is 20.6. The van der Waals surface area contributed by atoms with Crippen LogP contribution in [-0.2, 0) is 19.1 Å². The highest BCUT2D eigenvalue weighted by molar-refractivity contribution is 5.86. The minimum absolute atomic E-state index is 0.0208. The van der Waals surface area contributed by atoms with Crippen molar-refractivity contribution in [1.29, 1.82) is 0 Å². The number of hydrogen-bond acceptors (Lipinski definition) is 4. The van der Waals surface area contributed by atoms with Crippen LogP contribution in [0.25, 0.3) is 0 Å². The van der Waals surface area contributed by atoms with Gasteiger partial charge in [0.05, 0.1) is 12.0 Å². The Morgan fingerprint density at radius 1 is 1.32 bits per heavy atom. The molecule has 0 saturated heterocycles. The maximum Gasteiger partial charge on any atom is 0.309 e. The van der Waals surface area contributed by atoms with Gasteiger partial charge in [0.15, 0.2) is 0 Å². The summed E-state index contributed by atoms with van der Waals surface area (Å²) >= 11 is 0. The molecule has 0 heterocycles. The van der Waals surface area contributed by atoms with Crippen LogP contribution in [-0.4, -0.2) is 36.7 Å². The SMILES string of the molecule is C=CC(=O)NCCCOC(C)CC(CC)C(=O)OC(C)(C)C. The van der Waals surface area contributed by atoms with Crippen molar-refractivity contribution in [2.24, 2.45) is 5.92 Å². The number of amides is 1. The summed E-state index contributed by atoms with van der Waals surface area (Å²) in [6.07, 6.45) is 3.33. The lowest BCUT2D eigenvalue weighted by atomic mass is 9.99. The van der Waals surface area contributed by atoms with Gasteiger partial charge in [-0.15, -0.1) is 0 Å². The van der Waals surface area contributed by atoms with Crippen LogP contribution < -0.4 is 5.32 Å². The zero-order chi connectivity index (χ0) is 17.2. The van der Waals surface area contributed by atoms with Gasteiger partial charge in [0.1, 0.15) is 5.60 Å². The van der Waals surface area contributed by atoms with Gasteiger partial charge in [-0.25, -0.2) is 0 Å². The van der Waals surface area contributed by atoms with Crippen LogP contribution in [0, 0.1) is 5.92 Å². The molecule has 128 valence electrons. The molecule has 0 aliphatic rings. The first-order valence-corrected chi connectivity index (χ1v) is 7.94. The smallest absolute Gasteiger partial charge is 0.309 e. The Kier molecular flexibility index (Phi) is 9.74. The van der Waals surface area contributed by atoms with E-state index in [4.69, 9.17) is 9.47 Å². The number of esters is 1. The summed E-state index contributed by atoms with van der Waals surface area (Å²) in [6.45, 7) is 14.0. The molecule has 0 aromatic carbocycles. The molecule has 0 aliphatic carbocycles. The fourth-order valence-electron chi connectivity index (χ4n) is 1.92. The van der Waals surface area contributed by atoms with E-state index in [0.29, 0.717) is 19.6 Å². The number of ether oxygens (including phenoxy) is 2. The molecule has 1 N–H and O–H groups in total. The van der Waals surface area contributed by atoms with Gasteiger partial charge < -0.3 is 14.8 Å². The van der Waals surface area contributed by atoms with Gasteiger partial charge in [0.2, 0.25) is 5.91 Å². The summed E-state index contributed by atoms with van der Waals surface area (Å²) < 4.78 is 11.1. The van der Waals surface area contributed by atoms with Gasteiger partial charge >= 0.3 is 5.97 Å². The molecular weight excluding hydrogens is 282 g/mol. The van der Waals surface area contributed by atoms with Gasteiger partial charge in [0, 0.05) is 13.2 Å². The zero-order valence-corrected chi connectivity index (χ0v) is 14.6. The van der Waals surface area contributed by atoms with Crippen LogP contribution in [0.4, 0.5) is 0 Å². The third-order valence-electron chi connectivity index (χ3n) is 3.06. The molecule has 5 nitrogen and oxygen atoms in total. The van der Waals surface area contributed by atoms with E-state index in [1.165, 1.54) is 6.08 Å². The lowest BCUT2D eigenvalue weighted by Gasteiger charge is -2.25. The lowest BCUT2D eigenvalue weighted by Crippen LogP contribution is -2.30. The maximum atomic E-state index is 12.1. The van der Waals surface area contributed by atoms with Crippen molar-refractivity contribution >= 4 is 11.9 Å². The molecule has 0 fully saturated rings. The van der Waals surface area contributed by atoms with Crippen LogP contribution in [0.3, 0.4) is 0 Å². The number of nitrogens with one attached hydrogen (secondary N) is 1. The van der Waals surface area contributed by atoms with Crippen LogP contribution in [0.2, 0.25) is 0 Å². The van der Waals surface area contributed by atoms with E-state index < -0.39 is 5.60 Å². The van der Waals surface area contributed by atoms with Gasteiger partial charge in [-0.1, -0.05) is 13.5 Å². The highest BCUT2D eigenvalue weighted by Crippen LogP contribution is 2.19. The molecule has 2 unspecified atom stereocenters. The monoisotopic (exact) mass is 313 g/mol. The summed E-state index contributed by atoms with van der Waals surface area (Å²) in [7, 11) is 0. The van der Waals surface area contributed by atoms with E-state index in [9.17, 15) is 9.59 Å². The molecule has 0 radical (unpaired) electrons. The second-order valence-electron chi connectivity index (χ2n) is 6.40. The van der Waals surface area contributed by atoms with Crippen molar-refractivity contribution in [2.45, 2.75) is 65.6 Å². The van der Waals surface area contributed by atoms with Crippen molar-refractivity contribution in [3.05, 3.63) is 12.7 Å². The Bertz CT molecular complexity index is 360. The van der Waals surface area contributed by atoms with Crippen molar-refractivity contribution in [1.82, 2.24) is 5.32 Å². The molecule has 0 aromatic rings. The Morgan fingerprint density at radius 2 is 1.95 bits per heavy atom. The molecule has 0 saturated carbocycles. The number of carbonyl (C=O) groups excluding carboxylic acids is 2. The van der Waals surface area contributed by atoms with E-state index in [1.807, 2.05) is 34.6 Å². The average molecular weight is 313 g/mol. The van der Waals surface area contributed by atoms with Crippen LogP contribution in [0.15, 0.2) is 12.7 Å². The first-order valence-electron chi connectivity index (χ1n) is 7.94. The third kappa shape index (κ3) is 10.4. The van der Waals surface area contributed by atoms with Gasteiger partial charge in [0.25, 0.3) is 0 Å². The molecule has 5 heteroatoms. The van der Waals surface area contributed by atoms with Crippen molar-refractivity contribution < 1.29 is 19.1 Å². The second kappa shape index (κ2) is 10.4. The van der Waals surface area contributed by atoms with Gasteiger partial charge in [-0.05, 0) is 53.0 Å². The van der Waals surface area contributed by atoms with Crippen LogP contribution in [0.5, 0.6) is 0 Å². The molecule has 0 bridgehead atoms. The molecule has 0 rings (SSSR count). The molecular formula is C17H31NO4. The minimum atomic E-state index is -0.460. The summed E-state index contributed by atoms with van der Waals surface area (Å²) in [5.74, 6) is -0.484. The third-order valence-corrected chi connectivity index (χ3v) is 3.06. The number of rotatable bonds is 10. The Morgan fingerprint density at radius 3 is 2.45 bits per heavy atom. The second-order valence-corrected chi connectivity index (χ2v) is 6.40. The van der Waals surface area contributed by atoms with Crippen LogP contribution in [0.1, 0.15) is 53.9 Å². The van der Waals surface area contributed by atoms with Gasteiger partial charge in [-0.2, -0.15) is 0 Å². The Labute approximate surface area is 134 Å². The summed E-state index contributed by atoms with van der Waals surface area (Å²) in [5.41, 5.74) is -0.460. The number of carbonyl (C=O) groups is 2. The highest BCUT2D eigenvalue weighted by atomic mass is 16.6. The fraction of sp³-hybridized carbons (Fsp3) is 0.765. The van der Waals surface area contributed by atoms with Crippen molar-refractivity contribution in [3.63, 3.8) is 0 Å². The normalized spacial score (nSPS) is 14.0. The summed E-state index contributed by atoms with van der Waals surface area (Å²) in [5, 5.41) is 2.69. The van der Waals surface area contributed by atoms with E-state index in [-0.39, 0.29) is 23.9 Å². The minimum Gasteiger partial charge on any atom is -0.460 e. The summed E-state index contributed by atoms with van der Waals surface area (Å²) in [6, 6.07) is 0. The molecule has 22 heavy (non-hydrogen) atoms. The summed E-state index contributed by atoms with van der Waals surface area (Å²) in [4.78, 5) is 23.0. The Balaban J connectivity index is 4.01. The number of hydrogen-bond donors (Lipinski definition) is 1. The molecule has 2 atom stereocenters. The van der Waals surface area contributed by atoms with E-state index in [1.54, 1.807) is 0 Å². The molecule has 0 aliphatic heterocycles. The predicted octanol–water partition coefficient (Wildman–Crippen LogP) is 2.84. The standard InChI is InChI=1S/C17H31NO4/c1-7-14(16(20)22-17(4,5)6)12-13(3)21-11-9-10-18-15(19)8-2/h8,13-14H,2,7,9-12H2,1,3-6H3,(H,18,19). The average Bonchev–Trinajstić information content (AvgIpc) is 2.41. The lowest BCUT2D eigenvalue weighted by molar-refractivity contribution is -0.161. The van der Waals surface area contributed by atoms with Gasteiger partial charge in [-0.3, -0.25) is 9.59 Å². The quantitative estimate of drug-likeness (QED) is 0.383. The molecule has 0 spiro atoms. The maximum absolute atomic E-state index is 12.1. The molecule has 0 aromatic heterocycles. The van der Waals surface area contributed by atoms with Crippen LogP contribution >= 0.6 is 0 Å². The Hall–Kier alpha value is -1.36. The van der Waals surface area contributed by atoms with E-state index in [0.717, 1.165) is 12.8 Å². The highest BCUT2D eigenvalue weighted by Gasteiger charge is 2.25. The van der Waals surface area contributed by atoms with E-state index >= 15 is 0 Å². The predicted molar refractivity (Wildman–Crippen MR) is 87.5 cm³/mol. The first-order chi connectivity index (χ1) is 10.2. The largest absolute Gasteiger partial charge is 0.460 e. The topological polar surface area (TPSA) is 64.6 Å². The van der Waals surface area contributed by atoms with E-state index in [2.05, 4.69) is 11.9 Å². The van der Waals surface area contributed by atoms with Crippen molar-refractivity contribution in [2.75, 3.05) is 13.2 Å². The molecule has 1 amide bonds. The zero-order valence-electron chi connectivity index (χ0n) is 14.6. The van der Waals surface area contributed by atoms with Crippen molar-refractivity contribution in [3.8, 4) is 0 Å².